The van der Waals surface area contributed by atoms with Crippen LogP contribution >= 0.6 is 11.6 Å². The predicted octanol–water partition coefficient (Wildman–Crippen LogP) is 2.34. The van der Waals surface area contributed by atoms with E-state index in [-0.39, 0.29) is 5.91 Å². The SMILES string of the molecule is Cc1cc(NC(=O)C(C)n2cc(Cl)c(C)n2)no1. The Morgan fingerprint density at radius 3 is 2.78 bits per heavy atom. The fraction of sp³-hybridized carbons (Fsp3) is 0.364. The first-order valence-electron chi connectivity index (χ1n) is 5.43. The molecule has 0 radical (unpaired) electrons. The molecule has 0 aliphatic rings. The van der Waals surface area contributed by atoms with E-state index in [1.54, 1.807) is 33.0 Å². The van der Waals surface area contributed by atoms with Crippen molar-refractivity contribution in [2.75, 3.05) is 5.32 Å². The highest BCUT2D eigenvalue weighted by Gasteiger charge is 2.18. The number of carbonyl (C=O) groups is 1. The molecule has 0 aliphatic heterocycles. The number of carbonyl (C=O) groups excluding carboxylic acids is 1. The highest BCUT2D eigenvalue weighted by atomic mass is 35.5. The maximum absolute atomic E-state index is 11.9. The Balaban J connectivity index is 2.09. The van der Waals surface area contributed by atoms with Crippen LogP contribution in [0.2, 0.25) is 5.02 Å². The van der Waals surface area contributed by atoms with E-state index in [0.717, 1.165) is 0 Å². The summed E-state index contributed by atoms with van der Waals surface area (Å²) in [6.45, 7) is 5.26. The number of hydrogen-bond acceptors (Lipinski definition) is 4. The zero-order chi connectivity index (χ0) is 13.3. The third-order valence-electron chi connectivity index (χ3n) is 2.51. The molecule has 0 bridgehead atoms. The van der Waals surface area contributed by atoms with Crippen molar-refractivity contribution in [3.8, 4) is 0 Å². The molecule has 96 valence electrons. The van der Waals surface area contributed by atoms with Gasteiger partial charge in [-0.2, -0.15) is 5.10 Å². The lowest BCUT2D eigenvalue weighted by Gasteiger charge is -2.10. The monoisotopic (exact) mass is 268 g/mol. The third-order valence-corrected chi connectivity index (χ3v) is 2.88. The smallest absolute Gasteiger partial charge is 0.250 e. The summed E-state index contributed by atoms with van der Waals surface area (Å²) in [6.07, 6.45) is 1.62. The Morgan fingerprint density at radius 2 is 2.28 bits per heavy atom. The summed E-state index contributed by atoms with van der Waals surface area (Å²) in [5, 5.41) is 11.0. The number of halogens is 1. The summed E-state index contributed by atoms with van der Waals surface area (Å²) >= 11 is 5.90. The van der Waals surface area contributed by atoms with Crippen molar-refractivity contribution in [3.05, 3.63) is 28.7 Å². The highest BCUT2D eigenvalue weighted by molar-refractivity contribution is 6.31. The molecule has 1 atom stereocenters. The number of rotatable bonds is 3. The van der Waals surface area contributed by atoms with E-state index in [0.29, 0.717) is 22.3 Å². The van der Waals surface area contributed by atoms with Crippen LogP contribution in [0.3, 0.4) is 0 Å². The van der Waals surface area contributed by atoms with Crippen molar-refractivity contribution in [2.45, 2.75) is 26.8 Å². The fourth-order valence-electron chi connectivity index (χ4n) is 1.43. The van der Waals surface area contributed by atoms with Crippen molar-refractivity contribution in [3.63, 3.8) is 0 Å². The van der Waals surface area contributed by atoms with Gasteiger partial charge in [0.2, 0.25) is 5.91 Å². The summed E-state index contributed by atoms with van der Waals surface area (Å²) in [5.41, 5.74) is 0.689. The van der Waals surface area contributed by atoms with Gasteiger partial charge in [-0.25, -0.2) is 0 Å². The van der Waals surface area contributed by atoms with E-state index in [4.69, 9.17) is 16.1 Å². The van der Waals surface area contributed by atoms with Gasteiger partial charge in [-0.1, -0.05) is 16.8 Å². The Hall–Kier alpha value is -1.82. The van der Waals surface area contributed by atoms with Crippen LogP contribution in [0.25, 0.3) is 0 Å². The Kier molecular flexibility index (Phi) is 3.38. The lowest BCUT2D eigenvalue weighted by atomic mass is 10.3. The van der Waals surface area contributed by atoms with Gasteiger partial charge in [-0.3, -0.25) is 9.48 Å². The van der Waals surface area contributed by atoms with Crippen LogP contribution in [0.4, 0.5) is 5.82 Å². The number of hydrogen-bond donors (Lipinski definition) is 1. The second-order valence-corrected chi connectivity index (χ2v) is 4.44. The van der Waals surface area contributed by atoms with Crippen LogP contribution in [0.1, 0.15) is 24.4 Å². The second-order valence-electron chi connectivity index (χ2n) is 4.03. The Labute approximate surface area is 109 Å². The van der Waals surface area contributed by atoms with Crippen molar-refractivity contribution in [2.24, 2.45) is 0 Å². The molecule has 0 saturated heterocycles. The van der Waals surface area contributed by atoms with E-state index in [1.165, 1.54) is 4.68 Å². The average Bonchev–Trinajstić information content (AvgIpc) is 2.85. The van der Waals surface area contributed by atoms with Gasteiger partial charge in [0.15, 0.2) is 5.82 Å². The van der Waals surface area contributed by atoms with Crippen molar-refractivity contribution < 1.29 is 9.32 Å². The molecule has 2 rings (SSSR count). The van der Waals surface area contributed by atoms with E-state index in [9.17, 15) is 4.79 Å². The zero-order valence-electron chi connectivity index (χ0n) is 10.3. The molecule has 2 heterocycles. The topological polar surface area (TPSA) is 73.0 Å². The summed E-state index contributed by atoms with van der Waals surface area (Å²) in [4.78, 5) is 11.9. The molecular weight excluding hydrogens is 256 g/mol. The first kappa shape index (κ1) is 12.6. The number of nitrogens with zero attached hydrogens (tertiary/aromatic N) is 3. The molecule has 0 aliphatic carbocycles. The van der Waals surface area contributed by atoms with Crippen LogP contribution < -0.4 is 5.32 Å². The minimum atomic E-state index is -0.479. The molecule has 2 aromatic heterocycles. The molecule has 1 unspecified atom stereocenters. The molecule has 1 amide bonds. The maximum atomic E-state index is 11.9. The van der Waals surface area contributed by atoms with Gasteiger partial charge < -0.3 is 9.84 Å². The molecule has 18 heavy (non-hydrogen) atoms. The molecule has 0 fully saturated rings. The summed E-state index contributed by atoms with van der Waals surface area (Å²) in [5.74, 6) is 0.790. The van der Waals surface area contributed by atoms with Crippen LogP contribution in [0.5, 0.6) is 0 Å². The number of anilines is 1. The van der Waals surface area contributed by atoms with Crippen LogP contribution in [0.15, 0.2) is 16.8 Å². The molecular formula is C11H13ClN4O2. The van der Waals surface area contributed by atoms with Crippen LogP contribution in [0, 0.1) is 13.8 Å². The lowest BCUT2D eigenvalue weighted by Crippen LogP contribution is -2.24. The van der Waals surface area contributed by atoms with Gasteiger partial charge in [0.1, 0.15) is 11.8 Å². The molecule has 7 heteroatoms. The maximum Gasteiger partial charge on any atom is 0.250 e. The van der Waals surface area contributed by atoms with Crippen molar-refractivity contribution >= 4 is 23.3 Å². The summed E-state index contributed by atoms with van der Waals surface area (Å²) in [7, 11) is 0. The first-order chi connectivity index (χ1) is 8.47. The first-order valence-corrected chi connectivity index (χ1v) is 5.80. The standard InChI is InChI=1S/C11H13ClN4O2/c1-6-4-10(15-18-6)13-11(17)8(3)16-5-9(12)7(2)14-16/h4-5,8H,1-3H3,(H,13,15,17). The molecule has 0 aromatic carbocycles. The number of amides is 1. The largest absolute Gasteiger partial charge is 0.360 e. The number of aromatic nitrogens is 3. The van der Waals surface area contributed by atoms with Crippen molar-refractivity contribution in [1.82, 2.24) is 14.9 Å². The lowest BCUT2D eigenvalue weighted by molar-refractivity contribution is -0.119. The molecule has 6 nitrogen and oxygen atoms in total. The minimum absolute atomic E-state index is 0.234. The van der Waals surface area contributed by atoms with E-state index in [1.807, 2.05) is 0 Å². The fourth-order valence-corrected chi connectivity index (χ4v) is 1.57. The molecule has 0 spiro atoms. The van der Waals surface area contributed by atoms with Crippen molar-refractivity contribution in [1.29, 1.82) is 0 Å². The van der Waals surface area contributed by atoms with Crippen LogP contribution in [-0.4, -0.2) is 20.8 Å². The van der Waals surface area contributed by atoms with Gasteiger partial charge in [-0.15, -0.1) is 0 Å². The zero-order valence-corrected chi connectivity index (χ0v) is 11.0. The Morgan fingerprint density at radius 1 is 1.56 bits per heavy atom. The van der Waals surface area contributed by atoms with Gasteiger partial charge in [0.05, 0.1) is 10.7 Å². The summed E-state index contributed by atoms with van der Waals surface area (Å²) < 4.78 is 6.38. The second kappa shape index (κ2) is 4.81. The Bertz CT molecular complexity index is 556. The minimum Gasteiger partial charge on any atom is -0.360 e. The van der Waals surface area contributed by atoms with Gasteiger partial charge in [0.25, 0.3) is 0 Å². The quantitative estimate of drug-likeness (QED) is 0.927. The van der Waals surface area contributed by atoms with Gasteiger partial charge in [-0.05, 0) is 20.8 Å². The molecule has 0 saturated carbocycles. The van der Waals surface area contributed by atoms with E-state index in [2.05, 4.69) is 15.6 Å². The van der Waals surface area contributed by atoms with Gasteiger partial charge in [0, 0.05) is 12.3 Å². The molecule has 2 aromatic rings. The normalized spacial score (nSPS) is 12.4. The number of aryl methyl sites for hydroxylation is 2. The van der Waals surface area contributed by atoms with Crippen LogP contribution in [-0.2, 0) is 4.79 Å². The predicted molar refractivity (Wildman–Crippen MR) is 66.6 cm³/mol. The van der Waals surface area contributed by atoms with E-state index < -0.39 is 6.04 Å². The average molecular weight is 269 g/mol. The molecule has 1 N–H and O–H groups in total. The third kappa shape index (κ3) is 2.53. The van der Waals surface area contributed by atoms with E-state index >= 15 is 0 Å². The highest BCUT2D eigenvalue weighted by Crippen LogP contribution is 2.17. The number of nitrogens with one attached hydrogen (secondary N) is 1. The summed E-state index contributed by atoms with van der Waals surface area (Å²) in [6, 6.07) is 1.17. The van der Waals surface area contributed by atoms with Gasteiger partial charge >= 0.3 is 0 Å².